The molecule has 6 N–H and O–H groups in total. The van der Waals surface area contributed by atoms with Gasteiger partial charge in [-0.1, -0.05) is 30.9 Å². The molecular formula is C35H40N8O11. The molecule has 0 atom stereocenters. The summed E-state index contributed by atoms with van der Waals surface area (Å²) in [4.78, 5) is 90.5. The zero-order valence-corrected chi connectivity index (χ0v) is 29.0. The molecule has 19 heteroatoms. The zero-order chi connectivity index (χ0) is 39.4. The Morgan fingerprint density at radius 3 is 1.48 bits per heavy atom. The minimum Gasteiger partial charge on any atom is -0.425 e. The number of unbranched alkanes of at least 4 members (excludes halogenated alkanes) is 1. The minimum atomic E-state index is -0.828. The summed E-state index contributed by atoms with van der Waals surface area (Å²) in [5, 5.41) is 46.3. The van der Waals surface area contributed by atoms with E-state index in [4.69, 9.17) is 0 Å². The normalized spacial score (nSPS) is 12.2. The molecule has 1 aliphatic heterocycles. The summed E-state index contributed by atoms with van der Waals surface area (Å²) < 4.78 is 0.654. The number of pyridine rings is 3. The van der Waals surface area contributed by atoms with E-state index in [9.17, 15) is 54.4 Å². The number of carbonyl (C=O) groups is 4. The van der Waals surface area contributed by atoms with Crippen molar-refractivity contribution in [1.82, 2.24) is 39.7 Å². The fourth-order valence-corrected chi connectivity index (χ4v) is 5.34. The first-order chi connectivity index (χ1) is 25.8. The van der Waals surface area contributed by atoms with Crippen LogP contribution in [0.3, 0.4) is 0 Å². The molecule has 3 aromatic heterocycles. The second-order valence-electron chi connectivity index (χ2n) is 11.9. The molecule has 0 fully saturated rings. The molecule has 0 spiro atoms. The van der Waals surface area contributed by atoms with Gasteiger partial charge < -0.3 is 36.1 Å². The number of hydrogen-bond donors (Lipinski definition) is 6. The molecule has 4 heterocycles. The second kappa shape index (κ2) is 18.6. The molecule has 0 saturated carbocycles. The summed E-state index contributed by atoms with van der Waals surface area (Å²) in [6.07, 6.45) is 5.48. The van der Waals surface area contributed by atoms with E-state index in [0.717, 1.165) is 18.2 Å². The maximum atomic E-state index is 13.5. The van der Waals surface area contributed by atoms with E-state index in [-0.39, 0.29) is 94.8 Å². The highest BCUT2D eigenvalue weighted by atomic mass is 16.5. The Kier molecular flexibility index (Phi) is 13.7. The molecule has 0 bridgehead atoms. The van der Waals surface area contributed by atoms with Gasteiger partial charge in [-0.3, -0.25) is 38.8 Å². The summed E-state index contributed by atoms with van der Waals surface area (Å²) >= 11 is 0. The quantitative estimate of drug-likeness (QED) is 0.0803. The van der Waals surface area contributed by atoms with Crippen molar-refractivity contribution in [2.75, 3.05) is 39.3 Å². The number of amides is 4. The van der Waals surface area contributed by atoms with E-state index in [2.05, 4.69) is 17.2 Å². The van der Waals surface area contributed by atoms with Gasteiger partial charge >= 0.3 is 0 Å². The summed E-state index contributed by atoms with van der Waals surface area (Å²) in [5.41, 5.74) is -3.19. The average molecular weight is 749 g/mol. The van der Waals surface area contributed by atoms with Crippen LogP contribution in [0.1, 0.15) is 57.1 Å². The van der Waals surface area contributed by atoms with Crippen LogP contribution in [0.4, 0.5) is 0 Å². The minimum absolute atomic E-state index is 0.0181. The molecule has 0 aliphatic carbocycles. The van der Waals surface area contributed by atoms with E-state index in [1.165, 1.54) is 58.4 Å². The lowest BCUT2D eigenvalue weighted by molar-refractivity contribution is -0.123. The van der Waals surface area contributed by atoms with Crippen LogP contribution in [0, 0.1) is 0 Å². The van der Waals surface area contributed by atoms with E-state index < -0.39 is 40.3 Å². The Bertz CT molecular complexity index is 2140. The maximum Gasteiger partial charge on any atom is 0.283 e. The smallest absolute Gasteiger partial charge is 0.283 e. The number of nitrogens with zero attached hydrogens (tertiary/aromatic N) is 6. The Hall–Kier alpha value is -6.89. The van der Waals surface area contributed by atoms with Crippen LogP contribution < -0.4 is 27.3 Å². The lowest BCUT2D eigenvalue weighted by Crippen LogP contribution is -2.40. The van der Waals surface area contributed by atoms with Crippen LogP contribution in [0.15, 0.2) is 105 Å². The molecule has 0 radical (unpaired) electrons. The van der Waals surface area contributed by atoms with Gasteiger partial charge in [0.25, 0.3) is 40.3 Å². The number of aromatic nitrogens is 3. The van der Waals surface area contributed by atoms with Gasteiger partial charge in [-0.15, -0.1) is 14.2 Å². The Morgan fingerprint density at radius 2 is 1.00 bits per heavy atom. The first-order valence-electron chi connectivity index (χ1n) is 16.8. The highest BCUT2D eigenvalue weighted by Gasteiger charge is 2.23. The van der Waals surface area contributed by atoms with Crippen molar-refractivity contribution in [1.29, 1.82) is 0 Å². The van der Waals surface area contributed by atoms with Crippen molar-refractivity contribution < 1.29 is 40.0 Å². The van der Waals surface area contributed by atoms with Crippen molar-refractivity contribution >= 4 is 23.6 Å². The largest absolute Gasteiger partial charge is 0.425 e. The van der Waals surface area contributed by atoms with Gasteiger partial charge in [0.1, 0.15) is 22.8 Å². The number of hydrogen-bond acceptors (Lipinski definition) is 12. The molecule has 1 aliphatic rings. The number of rotatable bonds is 17. The predicted octanol–water partition coefficient (Wildman–Crippen LogP) is 0.233. The summed E-state index contributed by atoms with van der Waals surface area (Å²) in [6.45, 7) is 4.01. The van der Waals surface area contributed by atoms with Crippen LogP contribution in [-0.2, 0) is 4.79 Å². The van der Waals surface area contributed by atoms with Crippen LogP contribution in [0.5, 0.6) is 0 Å². The number of allylic oxidation sites excluding steroid dienone is 3. The molecule has 0 aromatic carbocycles. The van der Waals surface area contributed by atoms with Gasteiger partial charge in [-0.25, -0.2) is 5.06 Å². The Balaban J connectivity index is 1.40. The first-order valence-corrected chi connectivity index (χ1v) is 16.8. The highest BCUT2D eigenvalue weighted by Crippen LogP contribution is 2.15. The van der Waals surface area contributed by atoms with E-state index in [1.54, 1.807) is 6.08 Å². The lowest BCUT2D eigenvalue weighted by Gasteiger charge is -2.26. The molecule has 0 saturated heterocycles. The third-order valence-electron chi connectivity index (χ3n) is 8.20. The van der Waals surface area contributed by atoms with Gasteiger partial charge in [0.2, 0.25) is 0 Å². The molecule has 4 amide bonds. The number of hydroxylamine groups is 2. The standard InChI is InChI=1S/C35H40N8O11/c1-24-10-4-11-25(40(24)51)32(47)36-18-8-22-38(34(49)27-13-6-16-30(45)42(27)53)20-2-3-21-39(35(50)28-14-7-17-31(46)43(28)54)23-9-19-37-33(48)26-12-5-15-29(44)41(26)52/h4-7,10-17,51-54H,1-3,8-9,18-23H2,(H,36,47)(H,37,48). The van der Waals surface area contributed by atoms with Crippen LogP contribution in [0.2, 0.25) is 0 Å². The topological polar surface area (TPSA) is 249 Å². The van der Waals surface area contributed by atoms with Crippen molar-refractivity contribution in [3.63, 3.8) is 0 Å². The summed E-state index contributed by atoms with van der Waals surface area (Å²) in [5.74, 6) is -2.69. The molecule has 3 aromatic rings. The first kappa shape index (κ1) is 39.9. The zero-order valence-electron chi connectivity index (χ0n) is 29.0. The summed E-state index contributed by atoms with van der Waals surface area (Å²) in [7, 11) is 0. The van der Waals surface area contributed by atoms with Gasteiger partial charge in [-0.2, -0.15) is 0 Å². The van der Waals surface area contributed by atoms with Crippen molar-refractivity contribution in [3.8, 4) is 0 Å². The monoisotopic (exact) mass is 748 g/mol. The molecular weight excluding hydrogens is 708 g/mol. The number of nitrogens with one attached hydrogen (secondary N) is 2. The molecule has 19 nitrogen and oxygen atoms in total. The molecule has 0 unspecified atom stereocenters. The third-order valence-corrected chi connectivity index (χ3v) is 8.20. The van der Waals surface area contributed by atoms with Crippen LogP contribution >= 0.6 is 0 Å². The predicted molar refractivity (Wildman–Crippen MR) is 189 cm³/mol. The van der Waals surface area contributed by atoms with Crippen molar-refractivity contribution in [3.05, 3.63) is 139 Å². The van der Waals surface area contributed by atoms with Crippen molar-refractivity contribution in [2.24, 2.45) is 0 Å². The maximum absolute atomic E-state index is 13.5. The van der Waals surface area contributed by atoms with Gasteiger partial charge in [0.05, 0.1) is 5.70 Å². The lowest BCUT2D eigenvalue weighted by atomic mass is 10.2. The fraction of sp³-hybridized carbons (Fsp3) is 0.286. The highest BCUT2D eigenvalue weighted by molar-refractivity contribution is 5.94. The van der Waals surface area contributed by atoms with Crippen LogP contribution in [0.25, 0.3) is 0 Å². The van der Waals surface area contributed by atoms with Crippen LogP contribution in [-0.4, -0.2) is 113 Å². The Labute approximate surface area is 307 Å². The fourth-order valence-electron chi connectivity index (χ4n) is 5.34. The Morgan fingerprint density at radius 1 is 0.593 bits per heavy atom. The average Bonchev–Trinajstić information content (AvgIpc) is 3.15. The number of carbonyl (C=O) groups excluding carboxylic acids is 4. The van der Waals surface area contributed by atoms with Gasteiger partial charge in [-0.05, 0) is 56.0 Å². The molecule has 4 rings (SSSR count). The molecule has 286 valence electrons. The SMILES string of the molecule is C=C1C=CC=C(C(=O)NCCCN(CCCCN(CCCNC(=O)c2cccc(=O)n2O)C(=O)c2cccc(=O)n2O)C(=O)c2cccc(=O)n2O)N1O. The van der Waals surface area contributed by atoms with Gasteiger partial charge in [0, 0.05) is 57.5 Å². The van der Waals surface area contributed by atoms with Gasteiger partial charge in [0.15, 0.2) is 0 Å². The van der Waals surface area contributed by atoms with E-state index in [0.29, 0.717) is 17.9 Å². The van der Waals surface area contributed by atoms with E-state index in [1.807, 2.05) is 0 Å². The summed E-state index contributed by atoms with van der Waals surface area (Å²) in [6, 6.07) is 10.9. The molecule has 54 heavy (non-hydrogen) atoms. The second-order valence-corrected chi connectivity index (χ2v) is 11.9. The van der Waals surface area contributed by atoms with E-state index >= 15 is 0 Å². The third kappa shape index (κ3) is 9.91. The van der Waals surface area contributed by atoms with Crippen molar-refractivity contribution in [2.45, 2.75) is 25.7 Å².